The highest BCUT2D eigenvalue weighted by Crippen LogP contribution is 2.35. The lowest BCUT2D eigenvalue weighted by atomic mass is 10.1. The van der Waals surface area contributed by atoms with E-state index in [1.807, 2.05) is 35.0 Å². The zero-order valence-corrected chi connectivity index (χ0v) is 20.1. The number of hydrogen-bond donors (Lipinski definition) is 0. The van der Waals surface area contributed by atoms with E-state index < -0.39 is 5.82 Å². The third-order valence-corrected chi connectivity index (χ3v) is 6.82. The minimum absolute atomic E-state index is 0.189. The van der Waals surface area contributed by atoms with Crippen molar-refractivity contribution < 1.29 is 18.7 Å². The number of rotatable bonds is 7. The molecule has 0 spiro atoms. The molecular formula is C27H20ClFN2O3S. The molecule has 0 atom stereocenters. The van der Waals surface area contributed by atoms with Gasteiger partial charge in [-0.3, -0.25) is 14.5 Å². The summed E-state index contributed by atoms with van der Waals surface area (Å²) in [6.45, 7) is 0.950. The fraction of sp³-hybridized carbons (Fsp3) is 0.111. The number of aromatic nitrogens is 1. The molecule has 0 saturated carbocycles. The normalized spacial score (nSPS) is 14.9. The Balaban J connectivity index is 1.36. The van der Waals surface area contributed by atoms with Gasteiger partial charge >= 0.3 is 0 Å². The quantitative estimate of drug-likeness (QED) is 0.260. The Morgan fingerprint density at radius 2 is 1.71 bits per heavy atom. The predicted octanol–water partition coefficient (Wildman–Crippen LogP) is 6.75. The highest BCUT2D eigenvalue weighted by Gasteiger charge is 2.35. The van der Waals surface area contributed by atoms with Crippen molar-refractivity contribution in [3.63, 3.8) is 0 Å². The molecule has 0 unspecified atom stereocenters. The van der Waals surface area contributed by atoms with Crippen molar-refractivity contribution in [3.05, 3.63) is 106 Å². The zero-order valence-electron chi connectivity index (χ0n) is 18.5. The molecule has 0 bridgehead atoms. The van der Waals surface area contributed by atoms with E-state index in [1.165, 1.54) is 11.0 Å². The van der Waals surface area contributed by atoms with Crippen LogP contribution in [-0.2, 0) is 17.9 Å². The first kappa shape index (κ1) is 23.2. The van der Waals surface area contributed by atoms with Crippen molar-refractivity contribution in [1.29, 1.82) is 0 Å². The number of carbonyl (C=O) groups excluding carboxylic acids is 2. The summed E-state index contributed by atoms with van der Waals surface area (Å²) >= 11 is 6.86. The molecule has 2 amide bonds. The minimum atomic E-state index is -0.403. The van der Waals surface area contributed by atoms with E-state index in [0.717, 1.165) is 33.8 Å². The van der Waals surface area contributed by atoms with Gasteiger partial charge < -0.3 is 9.30 Å². The van der Waals surface area contributed by atoms with Gasteiger partial charge in [0.1, 0.15) is 6.61 Å². The molecule has 4 aromatic rings. The average molecular weight is 507 g/mol. The van der Waals surface area contributed by atoms with Gasteiger partial charge in [-0.25, -0.2) is 4.39 Å². The maximum Gasteiger partial charge on any atom is 0.293 e. The number of ether oxygens (including phenoxy) is 1. The third kappa shape index (κ3) is 4.97. The molecule has 0 N–H and O–H groups in total. The second kappa shape index (κ2) is 9.98. The molecule has 35 heavy (non-hydrogen) atoms. The van der Waals surface area contributed by atoms with Gasteiger partial charge in [0.25, 0.3) is 11.1 Å². The van der Waals surface area contributed by atoms with Crippen molar-refractivity contribution in [1.82, 2.24) is 9.47 Å². The number of benzene rings is 3. The van der Waals surface area contributed by atoms with Crippen LogP contribution in [0.1, 0.15) is 11.1 Å². The van der Waals surface area contributed by atoms with E-state index in [4.69, 9.17) is 16.3 Å². The smallest absolute Gasteiger partial charge is 0.293 e. The van der Waals surface area contributed by atoms with Gasteiger partial charge in [-0.05, 0) is 53.7 Å². The molecule has 1 aliphatic heterocycles. The first-order valence-electron chi connectivity index (χ1n) is 10.9. The number of amides is 2. The van der Waals surface area contributed by atoms with Gasteiger partial charge in [-0.1, -0.05) is 54.1 Å². The highest BCUT2D eigenvalue weighted by atomic mass is 35.5. The first-order valence-corrected chi connectivity index (χ1v) is 12.1. The van der Waals surface area contributed by atoms with Gasteiger partial charge in [0.15, 0.2) is 11.6 Å². The van der Waals surface area contributed by atoms with Crippen molar-refractivity contribution in [2.45, 2.75) is 13.1 Å². The molecule has 176 valence electrons. The van der Waals surface area contributed by atoms with Crippen molar-refractivity contribution in [2.24, 2.45) is 0 Å². The van der Waals surface area contributed by atoms with Crippen LogP contribution in [0, 0.1) is 5.82 Å². The number of nitrogens with zero attached hydrogens (tertiary/aromatic N) is 2. The second-order valence-corrected chi connectivity index (χ2v) is 9.40. The van der Waals surface area contributed by atoms with Crippen LogP contribution in [0.2, 0.25) is 5.02 Å². The molecule has 1 fully saturated rings. The molecule has 0 radical (unpaired) electrons. The van der Waals surface area contributed by atoms with Crippen molar-refractivity contribution in [2.75, 3.05) is 6.61 Å². The van der Waals surface area contributed by atoms with Crippen LogP contribution in [0.5, 0.6) is 5.75 Å². The Hall–Kier alpha value is -3.55. The van der Waals surface area contributed by atoms with E-state index in [2.05, 4.69) is 0 Å². The van der Waals surface area contributed by atoms with E-state index in [9.17, 15) is 14.0 Å². The fourth-order valence-electron chi connectivity index (χ4n) is 3.94. The third-order valence-electron chi connectivity index (χ3n) is 5.66. The van der Waals surface area contributed by atoms with E-state index in [-0.39, 0.29) is 30.0 Å². The van der Waals surface area contributed by atoms with Gasteiger partial charge in [0.05, 0.1) is 18.0 Å². The lowest BCUT2D eigenvalue weighted by molar-refractivity contribution is -0.123. The minimum Gasteiger partial charge on any atom is -0.489 e. The summed E-state index contributed by atoms with van der Waals surface area (Å²) in [5.41, 5.74) is 2.60. The van der Waals surface area contributed by atoms with Crippen molar-refractivity contribution >= 4 is 51.5 Å². The van der Waals surface area contributed by atoms with Crippen LogP contribution in [0.25, 0.3) is 17.0 Å². The SMILES string of the molecule is O=C1S/C(=C\c2cn(CCOc3ccccc3F)c3ccccc23)C(=O)N1Cc1ccc(Cl)cc1. The van der Waals surface area contributed by atoms with Crippen LogP contribution in [0.15, 0.2) is 83.9 Å². The maximum absolute atomic E-state index is 13.8. The van der Waals surface area contributed by atoms with Gasteiger partial charge in [-0.15, -0.1) is 0 Å². The average Bonchev–Trinajstić information content (AvgIpc) is 3.34. The van der Waals surface area contributed by atoms with Crippen LogP contribution < -0.4 is 4.74 Å². The molecule has 1 saturated heterocycles. The number of thioether (sulfide) groups is 1. The van der Waals surface area contributed by atoms with Gasteiger partial charge in [-0.2, -0.15) is 0 Å². The molecule has 3 aromatic carbocycles. The molecule has 1 aromatic heterocycles. The largest absolute Gasteiger partial charge is 0.489 e. The number of hydrogen-bond acceptors (Lipinski definition) is 4. The van der Waals surface area contributed by atoms with Gasteiger partial charge in [0, 0.05) is 27.7 Å². The van der Waals surface area contributed by atoms with Crippen LogP contribution in [0.4, 0.5) is 9.18 Å². The molecule has 0 aliphatic carbocycles. The van der Waals surface area contributed by atoms with Gasteiger partial charge in [0.2, 0.25) is 0 Å². The molecule has 2 heterocycles. The molecule has 8 heteroatoms. The summed E-state index contributed by atoms with van der Waals surface area (Å²) in [6.07, 6.45) is 3.67. The molecular weight excluding hydrogens is 487 g/mol. The maximum atomic E-state index is 13.8. The number of imide groups is 1. The van der Waals surface area contributed by atoms with E-state index >= 15 is 0 Å². The molecule has 5 rings (SSSR count). The Labute approximate surface area is 210 Å². The van der Waals surface area contributed by atoms with Crippen molar-refractivity contribution in [3.8, 4) is 5.75 Å². The Bertz CT molecular complexity index is 1450. The Kier molecular flexibility index (Phi) is 6.61. The predicted molar refractivity (Wildman–Crippen MR) is 137 cm³/mol. The Morgan fingerprint density at radius 1 is 0.971 bits per heavy atom. The topological polar surface area (TPSA) is 51.5 Å². The summed E-state index contributed by atoms with van der Waals surface area (Å²) in [5.74, 6) is -0.520. The van der Waals surface area contributed by atoms with Crippen LogP contribution >= 0.6 is 23.4 Å². The number of para-hydroxylation sites is 2. The summed E-state index contributed by atoms with van der Waals surface area (Å²) in [5, 5.41) is 1.24. The van der Waals surface area contributed by atoms with E-state index in [0.29, 0.717) is 16.5 Å². The summed E-state index contributed by atoms with van der Waals surface area (Å²) in [6, 6.07) is 21.1. The second-order valence-electron chi connectivity index (χ2n) is 7.97. The van der Waals surface area contributed by atoms with Crippen LogP contribution in [-0.4, -0.2) is 27.2 Å². The summed E-state index contributed by atoms with van der Waals surface area (Å²) < 4.78 is 21.5. The van der Waals surface area contributed by atoms with E-state index in [1.54, 1.807) is 48.5 Å². The fourth-order valence-corrected chi connectivity index (χ4v) is 4.90. The lowest BCUT2D eigenvalue weighted by Crippen LogP contribution is -2.27. The number of halogens is 2. The molecule has 1 aliphatic rings. The summed E-state index contributed by atoms with van der Waals surface area (Å²) in [4.78, 5) is 27.2. The standard InChI is InChI=1S/C27H20ClFN2O3S/c28-20-11-9-18(10-12-20)16-31-26(32)25(35-27(31)33)15-19-17-30(23-7-3-1-5-21(19)23)13-14-34-24-8-4-2-6-22(24)29/h1-12,15,17H,13-14,16H2/b25-15-. The number of carbonyl (C=O) groups is 2. The van der Waals surface area contributed by atoms with Crippen LogP contribution in [0.3, 0.4) is 0 Å². The first-order chi connectivity index (χ1) is 17.0. The molecule has 5 nitrogen and oxygen atoms in total. The lowest BCUT2D eigenvalue weighted by Gasteiger charge is -2.12. The monoisotopic (exact) mass is 506 g/mol. The highest BCUT2D eigenvalue weighted by molar-refractivity contribution is 8.18. The summed E-state index contributed by atoms with van der Waals surface area (Å²) in [7, 11) is 0. The zero-order chi connectivity index (χ0) is 24.4. The Morgan fingerprint density at radius 3 is 2.51 bits per heavy atom. The number of fused-ring (bicyclic) bond motifs is 1.